The molecular weight excluding hydrogens is 171 g/mol. The zero-order valence-electron chi connectivity index (χ0n) is 5.44. The summed E-state index contributed by atoms with van der Waals surface area (Å²) >= 11 is 11.9. The van der Waals surface area contributed by atoms with Crippen LogP contribution in [0.25, 0.3) is 0 Å². The second-order valence-corrected chi connectivity index (χ2v) is 4.43. The van der Waals surface area contributed by atoms with Crippen LogP contribution in [0, 0.1) is 5.92 Å². The van der Waals surface area contributed by atoms with Crippen molar-refractivity contribution in [1.82, 2.24) is 0 Å². The lowest BCUT2D eigenvalue weighted by Crippen LogP contribution is -2.32. The summed E-state index contributed by atoms with van der Waals surface area (Å²) in [6.07, 6.45) is 2.67. The predicted octanol–water partition coefficient (Wildman–Crippen LogP) is 1.95. The highest BCUT2D eigenvalue weighted by Gasteiger charge is 2.56. The Kier molecular flexibility index (Phi) is 1.31. The number of carbonyl (C=O) groups excluding carboxylic acids is 1. The first-order valence-corrected chi connectivity index (χ1v) is 4.32. The Morgan fingerprint density at radius 2 is 2.30 bits per heavy atom. The highest BCUT2D eigenvalue weighted by atomic mass is 35.5. The second-order valence-electron chi connectivity index (χ2n) is 3.24. The van der Waals surface area contributed by atoms with Crippen molar-refractivity contribution < 1.29 is 4.79 Å². The number of hydrogen-bond donors (Lipinski definition) is 0. The van der Waals surface area contributed by atoms with Crippen LogP contribution >= 0.6 is 23.2 Å². The van der Waals surface area contributed by atoms with Gasteiger partial charge in [-0.25, -0.2) is 0 Å². The van der Waals surface area contributed by atoms with E-state index in [0.29, 0.717) is 0 Å². The van der Waals surface area contributed by atoms with Gasteiger partial charge in [-0.2, -0.15) is 0 Å². The number of ketones is 1. The van der Waals surface area contributed by atoms with Gasteiger partial charge in [-0.1, -0.05) is 0 Å². The molecule has 0 aromatic rings. The smallest absolute Gasteiger partial charge is 0.155 e. The maximum Gasteiger partial charge on any atom is 0.155 e. The molecular formula is C7H8Cl2O. The molecule has 2 bridgehead atoms. The number of alkyl halides is 2. The van der Waals surface area contributed by atoms with Gasteiger partial charge in [0.1, 0.15) is 5.38 Å². The van der Waals surface area contributed by atoms with Crippen molar-refractivity contribution in [2.45, 2.75) is 29.5 Å². The number of Topliss-reactive ketones (excluding diaryl/α,β-unsaturated/α-hetero) is 1. The fourth-order valence-corrected chi connectivity index (χ4v) is 2.74. The molecule has 2 saturated carbocycles. The molecule has 0 saturated heterocycles. The van der Waals surface area contributed by atoms with Crippen LogP contribution < -0.4 is 0 Å². The third-order valence-corrected chi connectivity index (χ3v) is 3.91. The lowest BCUT2D eigenvalue weighted by atomic mass is 9.98. The molecule has 0 amide bonds. The van der Waals surface area contributed by atoms with E-state index in [1.165, 1.54) is 0 Å². The molecule has 0 aromatic heterocycles. The first-order valence-electron chi connectivity index (χ1n) is 3.50. The molecule has 0 heterocycles. The molecule has 0 aliphatic heterocycles. The van der Waals surface area contributed by atoms with Gasteiger partial charge in [0.05, 0.1) is 4.87 Å². The van der Waals surface area contributed by atoms with Crippen molar-refractivity contribution in [1.29, 1.82) is 0 Å². The summed E-state index contributed by atoms with van der Waals surface area (Å²) in [6.45, 7) is 0. The predicted molar refractivity (Wildman–Crippen MR) is 40.6 cm³/mol. The fourth-order valence-electron chi connectivity index (χ4n) is 1.96. The summed E-state index contributed by atoms with van der Waals surface area (Å²) < 4.78 is 0. The number of hydrogen-bond acceptors (Lipinski definition) is 1. The fraction of sp³-hybridized carbons (Fsp3) is 0.857. The first kappa shape index (κ1) is 6.93. The normalized spacial score (nSPS) is 52.4. The molecule has 3 heteroatoms. The van der Waals surface area contributed by atoms with Crippen molar-refractivity contribution in [2.24, 2.45) is 5.92 Å². The number of carbonyl (C=O) groups is 1. The zero-order chi connectivity index (χ0) is 7.35. The van der Waals surface area contributed by atoms with Gasteiger partial charge in [-0.3, -0.25) is 4.79 Å². The molecule has 2 fully saturated rings. The molecule has 0 unspecified atom stereocenters. The van der Waals surface area contributed by atoms with E-state index in [9.17, 15) is 4.79 Å². The number of fused-ring (bicyclic) bond motifs is 2. The molecule has 1 nitrogen and oxygen atoms in total. The lowest BCUT2D eigenvalue weighted by molar-refractivity contribution is -0.121. The van der Waals surface area contributed by atoms with E-state index in [-0.39, 0.29) is 16.6 Å². The SMILES string of the molecule is O=C1[C@H]2CC[C@](Cl)(C2)[C@@H]1Cl. The van der Waals surface area contributed by atoms with Gasteiger partial charge in [0.15, 0.2) is 5.78 Å². The highest BCUT2D eigenvalue weighted by molar-refractivity contribution is 6.41. The summed E-state index contributed by atoms with van der Waals surface area (Å²) in [4.78, 5) is 10.8. The van der Waals surface area contributed by atoms with Gasteiger partial charge in [0, 0.05) is 5.92 Å². The Morgan fingerprint density at radius 3 is 2.60 bits per heavy atom. The topological polar surface area (TPSA) is 17.1 Å². The Balaban J connectivity index is 2.34. The van der Waals surface area contributed by atoms with E-state index in [4.69, 9.17) is 23.2 Å². The largest absolute Gasteiger partial charge is 0.298 e. The minimum Gasteiger partial charge on any atom is -0.298 e. The van der Waals surface area contributed by atoms with E-state index in [2.05, 4.69) is 0 Å². The summed E-state index contributed by atoms with van der Waals surface area (Å²) in [5, 5.41) is -0.409. The number of rotatable bonds is 0. The average Bonchev–Trinajstić information content (AvgIpc) is 2.35. The maximum absolute atomic E-state index is 11.2. The molecule has 2 aliphatic carbocycles. The monoisotopic (exact) mass is 178 g/mol. The van der Waals surface area contributed by atoms with Gasteiger partial charge in [-0.15, -0.1) is 23.2 Å². The van der Waals surface area contributed by atoms with Crippen LogP contribution in [-0.4, -0.2) is 16.0 Å². The van der Waals surface area contributed by atoms with Crippen molar-refractivity contribution in [3.8, 4) is 0 Å². The van der Waals surface area contributed by atoms with Crippen molar-refractivity contribution in [3.05, 3.63) is 0 Å². The third-order valence-electron chi connectivity index (χ3n) is 2.60. The minimum absolute atomic E-state index is 0.169. The summed E-state index contributed by atoms with van der Waals surface area (Å²) in [6, 6.07) is 0. The van der Waals surface area contributed by atoms with Crippen LogP contribution in [-0.2, 0) is 4.79 Å². The molecule has 3 atom stereocenters. The van der Waals surface area contributed by atoms with Crippen molar-refractivity contribution in [2.75, 3.05) is 0 Å². The van der Waals surface area contributed by atoms with Crippen LogP contribution in [0.3, 0.4) is 0 Å². The van der Waals surface area contributed by atoms with Crippen LogP contribution in [0.1, 0.15) is 19.3 Å². The van der Waals surface area contributed by atoms with E-state index in [1.54, 1.807) is 0 Å². The Bertz CT molecular complexity index is 192. The van der Waals surface area contributed by atoms with Crippen LogP contribution in [0.15, 0.2) is 0 Å². The van der Waals surface area contributed by atoms with Crippen molar-refractivity contribution in [3.63, 3.8) is 0 Å². The van der Waals surface area contributed by atoms with Gasteiger partial charge >= 0.3 is 0 Å². The molecule has 2 aliphatic rings. The van der Waals surface area contributed by atoms with E-state index < -0.39 is 5.38 Å². The van der Waals surface area contributed by atoms with Crippen LogP contribution in [0.2, 0.25) is 0 Å². The van der Waals surface area contributed by atoms with Gasteiger partial charge < -0.3 is 0 Å². The molecule has 10 heavy (non-hydrogen) atoms. The van der Waals surface area contributed by atoms with Crippen LogP contribution in [0.5, 0.6) is 0 Å². The van der Waals surface area contributed by atoms with Gasteiger partial charge in [-0.05, 0) is 19.3 Å². The Hall–Kier alpha value is 0.250. The van der Waals surface area contributed by atoms with E-state index >= 15 is 0 Å². The van der Waals surface area contributed by atoms with Crippen LogP contribution in [0.4, 0.5) is 0 Å². The van der Waals surface area contributed by atoms with Gasteiger partial charge in [0.25, 0.3) is 0 Å². The van der Waals surface area contributed by atoms with E-state index in [1.807, 2.05) is 0 Å². The summed E-state index contributed by atoms with van der Waals surface area (Å²) in [7, 11) is 0. The quantitative estimate of drug-likeness (QED) is 0.519. The van der Waals surface area contributed by atoms with Gasteiger partial charge in [0.2, 0.25) is 0 Å². The molecule has 2 rings (SSSR count). The summed E-state index contributed by atoms with van der Waals surface area (Å²) in [5.41, 5.74) is 0. The Morgan fingerprint density at radius 1 is 1.60 bits per heavy atom. The minimum atomic E-state index is -0.409. The number of halogens is 2. The first-order chi connectivity index (χ1) is 4.63. The van der Waals surface area contributed by atoms with E-state index in [0.717, 1.165) is 19.3 Å². The second kappa shape index (κ2) is 1.89. The third kappa shape index (κ3) is 0.680. The summed E-state index contributed by atoms with van der Waals surface area (Å²) in [5.74, 6) is 0.350. The highest BCUT2D eigenvalue weighted by Crippen LogP contribution is 2.51. The lowest BCUT2D eigenvalue weighted by Gasteiger charge is -2.21. The molecule has 56 valence electrons. The standard InChI is InChI=1S/C7H8Cl2O/c8-6-5(10)4-1-2-7(6,9)3-4/h4,6H,1-3H2/t4-,6+,7-/m0/s1. The molecule has 0 aromatic carbocycles. The zero-order valence-corrected chi connectivity index (χ0v) is 6.95. The molecule has 0 radical (unpaired) electrons. The molecule has 0 spiro atoms. The molecule has 0 N–H and O–H groups in total. The Labute approximate surface area is 69.7 Å². The average molecular weight is 179 g/mol. The maximum atomic E-state index is 11.2. The van der Waals surface area contributed by atoms with Crippen molar-refractivity contribution >= 4 is 29.0 Å².